The standard InChI is InChI=1S/C15H23N3/c1-4-13(5-2)11-18(6-3)12-14-8-7-9-17-15(14)10-16/h7-9,13H,4-6,11-12H2,1-3H3. The highest BCUT2D eigenvalue weighted by molar-refractivity contribution is 5.30. The molecular formula is C15H23N3. The van der Waals surface area contributed by atoms with E-state index in [2.05, 4.69) is 36.7 Å². The second-order valence-corrected chi connectivity index (χ2v) is 4.63. The van der Waals surface area contributed by atoms with Crippen LogP contribution >= 0.6 is 0 Å². The van der Waals surface area contributed by atoms with Gasteiger partial charge in [0, 0.05) is 24.8 Å². The van der Waals surface area contributed by atoms with Crippen LogP contribution in [0.15, 0.2) is 18.3 Å². The van der Waals surface area contributed by atoms with Gasteiger partial charge in [0.05, 0.1) is 0 Å². The molecule has 0 radical (unpaired) electrons. The molecule has 0 saturated heterocycles. The summed E-state index contributed by atoms with van der Waals surface area (Å²) in [7, 11) is 0. The van der Waals surface area contributed by atoms with Crippen LogP contribution in [0.5, 0.6) is 0 Å². The topological polar surface area (TPSA) is 39.9 Å². The molecule has 98 valence electrons. The van der Waals surface area contributed by atoms with Crippen LogP contribution in [0.25, 0.3) is 0 Å². The van der Waals surface area contributed by atoms with E-state index in [1.807, 2.05) is 12.1 Å². The van der Waals surface area contributed by atoms with Crippen molar-refractivity contribution in [3.05, 3.63) is 29.6 Å². The molecule has 0 unspecified atom stereocenters. The van der Waals surface area contributed by atoms with Crippen LogP contribution in [0.1, 0.15) is 44.9 Å². The molecule has 1 rings (SSSR count). The molecule has 0 aliphatic carbocycles. The quantitative estimate of drug-likeness (QED) is 0.740. The maximum Gasteiger partial charge on any atom is 0.144 e. The first kappa shape index (κ1) is 14.7. The molecule has 3 heteroatoms. The maximum atomic E-state index is 9.05. The second kappa shape index (κ2) is 7.84. The number of hydrogen-bond acceptors (Lipinski definition) is 3. The SMILES string of the molecule is CCC(CC)CN(CC)Cc1cccnc1C#N. The minimum absolute atomic E-state index is 0.556. The summed E-state index contributed by atoms with van der Waals surface area (Å²) in [6.45, 7) is 9.59. The van der Waals surface area contributed by atoms with E-state index < -0.39 is 0 Å². The van der Waals surface area contributed by atoms with Crippen LogP contribution in [-0.2, 0) is 6.54 Å². The first-order valence-electron chi connectivity index (χ1n) is 6.81. The van der Waals surface area contributed by atoms with Gasteiger partial charge in [0.15, 0.2) is 0 Å². The van der Waals surface area contributed by atoms with Crippen molar-refractivity contribution in [3.8, 4) is 6.07 Å². The predicted molar refractivity (Wildman–Crippen MR) is 74.0 cm³/mol. The molecule has 0 fully saturated rings. The third-order valence-corrected chi connectivity index (χ3v) is 3.51. The van der Waals surface area contributed by atoms with Crippen LogP contribution in [0, 0.1) is 17.2 Å². The van der Waals surface area contributed by atoms with E-state index in [0.717, 1.165) is 31.1 Å². The Morgan fingerprint density at radius 1 is 1.33 bits per heavy atom. The van der Waals surface area contributed by atoms with Crippen molar-refractivity contribution in [1.82, 2.24) is 9.88 Å². The van der Waals surface area contributed by atoms with Crippen molar-refractivity contribution >= 4 is 0 Å². The number of hydrogen-bond donors (Lipinski definition) is 0. The van der Waals surface area contributed by atoms with Gasteiger partial charge in [0.25, 0.3) is 0 Å². The molecular weight excluding hydrogens is 222 g/mol. The Morgan fingerprint density at radius 2 is 2.06 bits per heavy atom. The highest BCUT2D eigenvalue weighted by Crippen LogP contribution is 2.13. The van der Waals surface area contributed by atoms with Crippen LogP contribution in [-0.4, -0.2) is 23.0 Å². The van der Waals surface area contributed by atoms with Crippen molar-refractivity contribution in [1.29, 1.82) is 5.26 Å². The zero-order chi connectivity index (χ0) is 13.4. The van der Waals surface area contributed by atoms with Crippen LogP contribution < -0.4 is 0 Å². The molecule has 0 aromatic carbocycles. The van der Waals surface area contributed by atoms with Gasteiger partial charge < -0.3 is 0 Å². The van der Waals surface area contributed by atoms with Gasteiger partial charge in [0.2, 0.25) is 0 Å². The molecule has 3 nitrogen and oxygen atoms in total. The second-order valence-electron chi connectivity index (χ2n) is 4.63. The third kappa shape index (κ3) is 4.12. The molecule has 0 aliphatic rings. The Balaban J connectivity index is 2.71. The summed E-state index contributed by atoms with van der Waals surface area (Å²) in [6, 6.07) is 6.07. The average molecular weight is 245 g/mol. The maximum absolute atomic E-state index is 9.05. The van der Waals surface area contributed by atoms with E-state index >= 15 is 0 Å². The highest BCUT2D eigenvalue weighted by Gasteiger charge is 2.12. The van der Waals surface area contributed by atoms with Gasteiger partial charge in [-0.1, -0.05) is 39.7 Å². The normalized spacial score (nSPS) is 10.9. The van der Waals surface area contributed by atoms with E-state index in [-0.39, 0.29) is 0 Å². The van der Waals surface area contributed by atoms with Crippen molar-refractivity contribution in [3.63, 3.8) is 0 Å². The largest absolute Gasteiger partial charge is 0.299 e. The van der Waals surface area contributed by atoms with Crippen molar-refractivity contribution < 1.29 is 0 Å². The summed E-state index contributed by atoms with van der Waals surface area (Å²) in [5, 5.41) is 9.05. The Hall–Kier alpha value is -1.40. The molecule has 0 spiro atoms. The lowest BCUT2D eigenvalue weighted by atomic mass is 10.0. The zero-order valence-electron chi connectivity index (χ0n) is 11.7. The van der Waals surface area contributed by atoms with Gasteiger partial charge in [-0.3, -0.25) is 4.90 Å². The molecule has 1 heterocycles. The summed E-state index contributed by atoms with van der Waals surface area (Å²) < 4.78 is 0. The van der Waals surface area contributed by atoms with Gasteiger partial charge in [0.1, 0.15) is 11.8 Å². The Kier molecular flexibility index (Phi) is 6.38. The Labute approximate surface area is 110 Å². The number of rotatable bonds is 7. The number of nitriles is 1. The molecule has 0 amide bonds. The van der Waals surface area contributed by atoms with E-state index in [0.29, 0.717) is 5.69 Å². The monoisotopic (exact) mass is 245 g/mol. The fourth-order valence-electron chi connectivity index (χ4n) is 2.13. The predicted octanol–water partition coefficient (Wildman–Crippen LogP) is 3.21. The lowest BCUT2D eigenvalue weighted by molar-refractivity contribution is 0.226. The summed E-state index contributed by atoms with van der Waals surface area (Å²) in [5.74, 6) is 0.743. The zero-order valence-corrected chi connectivity index (χ0v) is 11.7. The molecule has 1 aromatic heterocycles. The van der Waals surface area contributed by atoms with Gasteiger partial charge in [-0.05, 0) is 18.5 Å². The summed E-state index contributed by atoms with van der Waals surface area (Å²) >= 11 is 0. The van der Waals surface area contributed by atoms with E-state index in [1.54, 1.807) is 6.20 Å². The molecule has 0 aliphatic heterocycles. The van der Waals surface area contributed by atoms with Gasteiger partial charge >= 0.3 is 0 Å². The lowest BCUT2D eigenvalue weighted by Crippen LogP contribution is -2.29. The fourth-order valence-corrected chi connectivity index (χ4v) is 2.13. The van der Waals surface area contributed by atoms with E-state index in [4.69, 9.17) is 5.26 Å². The lowest BCUT2D eigenvalue weighted by Gasteiger charge is -2.25. The summed E-state index contributed by atoms with van der Waals surface area (Å²) in [6.07, 6.45) is 4.11. The number of aromatic nitrogens is 1. The minimum atomic E-state index is 0.556. The highest BCUT2D eigenvalue weighted by atomic mass is 15.1. The number of nitrogens with zero attached hydrogens (tertiary/aromatic N) is 3. The first-order valence-corrected chi connectivity index (χ1v) is 6.81. The molecule has 18 heavy (non-hydrogen) atoms. The molecule has 1 aromatic rings. The molecule has 0 bridgehead atoms. The molecule has 0 saturated carbocycles. The summed E-state index contributed by atoms with van der Waals surface area (Å²) in [4.78, 5) is 6.51. The van der Waals surface area contributed by atoms with Crippen LogP contribution in [0.3, 0.4) is 0 Å². The molecule has 0 N–H and O–H groups in total. The number of pyridine rings is 1. The summed E-state index contributed by atoms with van der Waals surface area (Å²) in [5.41, 5.74) is 1.59. The average Bonchev–Trinajstić information content (AvgIpc) is 2.43. The van der Waals surface area contributed by atoms with Crippen molar-refractivity contribution in [2.24, 2.45) is 5.92 Å². The first-order chi connectivity index (χ1) is 8.74. The van der Waals surface area contributed by atoms with Gasteiger partial charge in [-0.15, -0.1) is 0 Å². The van der Waals surface area contributed by atoms with E-state index in [9.17, 15) is 0 Å². The third-order valence-electron chi connectivity index (χ3n) is 3.51. The fraction of sp³-hybridized carbons (Fsp3) is 0.600. The Bertz CT molecular complexity index is 391. The van der Waals surface area contributed by atoms with Crippen molar-refractivity contribution in [2.75, 3.05) is 13.1 Å². The van der Waals surface area contributed by atoms with Crippen LogP contribution in [0.2, 0.25) is 0 Å². The van der Waals surface area contributed by atoms with Crippen LogP contribution in [0.4, 0.5) is 0 Å². The van der Waals surface area contributed by atoms with Gasteiger partial charge in [-0.25, -0.2) is 4.98 Å². The Morgan fingerprint density at radius 3 is 2.61 bits per heavy atom. The van der Waals surface area contributed by atoms with Crippen molar-refractivity contribution in [2.45, 2.75) is 40.2 Å². The molecule has 0 atom stereocenters. The minimum Gasteiger partial charge on any atom is -0.299 e. The smallest absolute Gasteiger partial charge is 0.144 e. The van der Waals surface area contributed by atoms with Gasteiger partial charge in [-0.2, -0.15) is 5.26 Å². The van der Waals surface area contributed by atoms with E-state index in [1.165, 1.54) is 12.8 Å².